The fourth-order valence-corrected chi connectivity index (χ4v) is 4.02. The molecule has 0 bridgehead atoms. The van der Waals surface area contributed by atoms with Crippen LogP contribution in [-0.4, -0.2) is 35.3 Å². The first kappa shape index (κ1) is 25.6. The third-order valence-corrected chi connectivity index (χ3v) is 5.75. The number of anilines is 2. The number of ether oxygens (including phenoxy) is 2. The fourth-order valence-electron chi connectivity index (χ4n) is 4.02. The van der Waals surface area contributed by atoms with Crippen molar-refractivity contribution in [1.29, 1.82) is 0 Å². The van der Waals surface area contributed by atoms with Crippen LogP contribution in [-0.2, 0) is 10.9 Å². The summed E-state index contributed by atoms with van der Waals surface area (Å²) < 4.78 is 51.2. The maximum Gasteiger partial charge on any atom is 0.416 e. The standard InChI is InChI=1S/C24H31F3N4O3/c1-4-7-8-11-34-18-14-28-22(29-15-18)30-20-13-17(5-2)31(23(32)33-6-3)21-10-9-16(12-19(20)21)24(25,26)27/h9-10,12,14-15,17,20H,4-8,11,13H2,1-3H3,(H,28,29,30)/t17-,20+/m1/s1. The smallest absolute Gasteiger partial charge is 0.416 e. The fraction of sp³-hybridized carbons (Fsp3) is 0.542. The molecule has 1 aliphatic rings. The van der Waals surface area contributed by atoms with Gasteiger partial charge in [-0.05, 0) is 49.9 Å². The number of nitrogens with zero attached hydrogens (tertiary/aromatic N) is 3. The molecule has 0 unspecified atom stereocenters. The Morgan fingerprint density at radius 1 is 1.18 bits per heavy atom. The predicted molar refractivity (Wildman–Crippen MR) is 123 cm³/mol. The molecule has 10 heteroatoms. The molecule has 0 saturated heterocycles. The van der Waals surface area contributed by atoms with E-state index < -0.39 is 23.9 Å². The van der Waals surface area contributed by atoms with Gasteiger partial charge in [0, 0.05) is 6.04 Å². The van der Waals surface area contributed by atoms with Gasteiger partial charge in [0.1, 0.15) is 0 Å². The van der Waals surface area contributed by atoms with Gasteiger partial charge in [0.15, 0.2) is 5.75 Å². The van der Waals surface area contributed by atoms with E-state index in [1.54, 1.807) is 19.3 Å². The summed E-state index contributed by atoms with van der Waals surface area (Å²) in [5.41, 5.74) is -0.0532. The monoisotopic (exact) mass is 480 g/mol. The van der Waals surface area contributed by atoms with E-state index in [1.165, 1.54) is 11.0 Å². The topological polar surface area (TPSA) is 76.6 Å². The minimum atomic E-state index is -4.51. The molecule has 3 rings (SSSR count). The molecule has 2 heterocycles. The first-order chi connectivity index (χ1) is 16.3. The van der Waals surface area contributed by atoms with Crippen LogP contribution in [0.3, 0.4) is 0 Å². The molecule has 1 aliphatic heterocycles. The van der Waals surface area contributed by atoms with E-state index in [0.29, 0.717) is 36.4 Å². The van der Waals surface area contributed by atoms with Gasteiger partial charge in [-0.1, -0.05) is 26.7 Å². The van der Waals surface area contributed by atoms with E-state index in [2.05, 4.69) is 22.2 Å². The number of hydrogen-bond donors (Lipinski definition) is 1. The molecule has 0 fully saturated rings. The van der Waals surface area contributed by atoms with E-state index >= 15 is 0 Å². The van der Waals surface area contributed by atoms with Crippen LogP contribution in [0.1, 0.15) is 70.0 Å². The lowest BCUT2D eigenvalue weighted by Crippen LogP contribution is -2.46. The van der Waals surface area contributed by atoms with E-state index in [1.807, 2.05) is 6.92 Å². The molecule has 0 saturated carbocycles. The second kappa shape index (κ2) is 11.4. The van der Waals surface area contributed by atoms with Crippen molar-refractivity contribution in [1.82, 2.24) is 9.97 Å². The Morgan fingerprint density at radius 2 is 1.91 bits per heavy atom. The summed E-state index contributed by atoms with van der Waals surface area (Å²) in [5, 5.41) is 3.15. The van der Waals surface area contributed by atoms with Crippen LogP contribution in [0, 0.1) is 0 Å². The van der Waals surface area contributed by atoms with E-state index in [4.69, 9.17) is 9.47 Å². The molecule has 1 aromatic heterocycles. The molecule has 1 N–H and O–H groups in total. The number of fused-ring (bicyclic) bond motifs is 1. The van der Waals surface area contributed by atoms with E-state index in [-0.39, 0.29) is 18.6 Å². The Bertz CT molecular complexity index is 953. The highest BCUT2D eigenvalue weighted by atomic mass is 19.4. The molecule has 0 radical (unpaired) electrons. The van der Waals surface area contributed by atoms with Gasteiger partial charge in [-0.3, -0.25) is 4.90 Å². The first-order valence-corrected chi connectivity index (χ1v) is 11.7. The van der Waals surface area contributed by atoms with Crippen molar-refractivity contribution in [2.75, 3.05) is 23.4 Å². The van der Waals surface area contributed by atoms with E-state index in [0.717, 1.165) is 31.4 Å². The molecule has 186 valence electrons. The van der Waals surface area contributed by atoms with Gasteiger partial charge in [0.05, 0.1) is 42.9 Å². The van der Waals surface area contributed by atoms with Crippen molar-refractivity contribution >= 4 is 17.7 Å². The van der Waals surface area contributed by atoms with Crippen LogP contribution >= 0.6 is 0 Å². The molecular formula is C24H31F3N4O3. The number of unbranched alkanes of at least 4 members (excludes halogenated alkanes) is 2. The normalized spacial score (nSPS) is 17.8. The van der Waals surface area contributed by atoms with Crippen molar-refractivity contribution in [3.8, 4) is 5.75 Å². The van der Waals surface area contributed by atoms with Crippen LogP contribution < -0.4 is 15.0 Å². The molecule has 2 aromatic rings. The Morgan fingerprint density at radius 3 is 2.53 bits per heavy atom. The van der Waals surface area contributed by atoms with Crippen LogP contribution in [0.2, 0.25) is 0 Å². The number of benzene rings is 1. The molecule has 2 atom stereocenters. The number of rotatable bonds is 9. The summed E-state index contributed by atoms with van der Waals surface area (Å²) in [4.78, 5) is 22.7. The summed E-state index contributed by atoms with van der Waals surface area (Å²) in [7, 11) is 0. The highest BCUT2D eigenvalue weighted by Crippen LogP contribution is 2.43. The second-order valence-electron chi connectivity index (χ2n) is 8.13. The zero-order valence-corrected chi connectivity index (χ0v) is 19.7. The minimum Gasteiger partial charge on any atom is -0.490 e. The number of carbonyl (C=O) groups is 1. The lowest BCUT2D eigenvalue weighted by atomic mass is 9.89. The quantitative estimate of drug-likeness (QED) is 0.421. The summed E-state index contributed by atoms with van der Waals surface area (Å²) in [6.07, 6.45) is 2.07. The third-order valence-electron chi connectivity index (χ3n) is 5.75. The predicted octanol–water partition coefficient (Wildman–Crippen LogP) is 6.36. The lowest BCUT2D eigenvalue weighted by Gasteiger charge is -2.40. The van der Waals surface area contributed by atoms with Gasteiger partial charge in [-0.15, -0.1) is 0 Å². The van der Waals surface area contributed by atoms with Gasteiger partial charge in [0.2, 0.25) is 5.95 Å². The minimum absolute atomic E-state index is 0.171. The summed E-state index contributed by atoms with van der Waals surface area (Å²) in [5.74, 6) is 0.804. The largest absolute Gasteiger partial charge is 0.490 e. The number of amides is 1. The Balaban J connectivity index is 1.88. The van der Waals surface area contributed by atoms with Crippen molar-refractivity contribution in [3.05, 3.63) is 41.7 Å². The Kier molecular flexibility index (Phi) is 8.57. The lowest BCUT2D eigenvalue weighted by molar-refractivity contribution is -0.137. The van der Waals surface area contributed by atoms with Crippen LogP contribution in [0.5, 0.6) is 5.75 Å². The Hall–Kier alpha value is -3.04. The summed E-state index contributed by atoms with van der Waals surface area (Å²) in [6, 6.07) is 2.61. The van der Waals surface area contributed by atoms with Gasteiger partial charge < -0.3 is 14.8 Å². The van der Waals surface area contributed by atoms with Crippen LogP contribution in [0.4, 0.5) is 29.6 Å². The number of carbonyl (C=O) groups excluding carboxylic acids is 1. The molecule has 1 amide bonds. The van der Waals surface area contributed by atoms with Crippen molar-refractivity contribution in [2.24, 2.45) is 0 Å². The average Bonchev–Trinajstić information content (AvgIpc) is 2.81. The van der Waals surface area contributed by atoms with Crippen molar-refractivity contribution in [3.63, 3.8) is 0 Å². The average molecular weight is 481 g/mol. The van der Waals surface area contributed by atoms with Gasteiger partial charge in [0.25, 0.3) is 0 Å². The number of nitrogens with one attached hydrogen (secondary N) is 1. The van der Waals surface area contributed by atoms with Gasteiger partial charge >= 0.3 is 12.3 Å². The number of halogens is 3. The van der Waals surface area contributed by atoms with Gasteiger partial charge in [-0.25, -0.2) is 14.8 Å². The van der Waals surface area contributed by atoms with Crippen molar-refractivity contribution in [2.45, 2.75) is 71.1 Å². The Labute approximate surface area is 197 Å². The second-order valence-corrected chi connectivity index (χ2v) is 8.13. The van der Waals surface area contributed by atoms with Crippen LogP contribution in [0.15, 0.2) is 30.6 Å². The summed E-state index contributed by atoms with van der Waals surface area (Å²) in [6.45, 7) is 6.46. The third kappa shape index (κ3) is 6.09. The number of hydrogen-bond acceptors (Lipinski definition) is 6. The molecule has 0 aliphatic carbocycles. The SMILES string of the molecule is CCCCCOc1cnc(N[C@H]2C[C@@H](CC)N(C(=O)OCC)c3ccc(C(F)(F)F)cc32)nc1. The maximum atomic E-state index is 13.5. The zero-order chi connectivity index (χ0) is 24.7. The maximum absolute atomic E-state index is 13.5. The first-order valence-electron chi connectivity index (χ1n) is 11.7. The van der Waals surface area contributed by atoms with E-state index in [9.17, 15) is 18.0 Å². The van der Waals surface area contributed by atoms with Crippen molar-refractivity contribution < 1.29 is 27.4 Å². The highest BCUT2D eigenvalue weighted by molar-refractivity contribution is 5.90. The molecule has 7 nitrogen and oxygen atoms in total. The molecule has 0 spiro atoms. The zero-order valence-electron chi connectivity index (χ0n) is 19.7. The summed E-state index contributed by atoms with van der Waals surface area (Å²) >= 11 is 0. The molecule has 34 heavy (non-hydrogen) atoms. The van der Waals surface area contributed by atoms with Crippen LogP contribution in [0.25, 0.3) is 0 Å². The number of alkyl halides is 3. The highest BCUT2D eigenvalue weighted by Gasteiger charge is 2.39. The molecular weight excluding hydrogens is 449 g/mol. The number of aromatic nitrogens is 2. The molecule has 1 aromatic carbocycles. The van der Waals surface area contributed by atoms with Gasteiger partial charge in [-0.2, -0.15) is 13.2 Å².